The average Bonchev–Trinajstić information content (AvgIpc) is 3.00. The van der Waals surface area contributed by atoms with Crippen molar-refractivity contribution in [2.45, 2.75) is 38.5 Å². The first-order chi connectivity index (χ1) is 8.48. The Kier molecular flexibility index (Phi) is 4.11. The van der Waals surface area contributed by atoms with Gasteiger partial charge in [-0.3, -0.25) is 0 Å². The van der Waals surface area contributed by atoms with Crippen LogP contribution in [0, 0.1) is 0 Å². The summed E-state index contributed by atoms with van der Waals surface area (Å²) in [5, 5.41) is 5.56. The normalized spacial score (nSPS) is 16.0. The molecule has 102 valence electrons. The van der Waals surface area contributed by atoms with Crippen LogP contribution in [0.1, 0.15) is 25.5 Å². The van der Waals surface area contributed by atoms with Crippen molar-refractivity contribution in [1.29, 1.82) is 0 Å². The van der Waals surface area contributed by atoms with Gasteiger partial charge in [-0.2, -0.15) is 13.2 Å². The Labute approximate surface area is 108 Å². The molecule has 0 unspecified atom stereocenters. The smallest absolute Gasteiger partial charge is 0.339 e. The van der Waals surface area contributed by atoms with Crippen LogP contribution in [0.3, 0.4) is 0 Å². The van der Waals surface area contributed by atoms with E-state index < -0.39 is 12.7 Å². The molecule has 1 fully saturated rings. The standard InChI is InChI=1S/C11H16F3N3S/c1-2-17(7-11(12,13)14)10-16-9(6-18-10)5-15-8-3-4-8/h6,8,15H,2-5,7H2,1H3. The zero-order valence-electron chi connectivity index (χ0n) is 10.1. The molecule has 1 aliphatic carbocycles. The largest absolute Gasteiger partial charge is 0.406 e. The van der Waals surface area contributed by atoms with Gasteiger partial charge in [-0.25, -0.2) is 4.98 Å². The van der Waals surface area contributed by atoms with E-state index in [9.17, 15) is 13.2 Å². The van der Waals surface area contributed by atoms with E-state index in [1.54, 1.807) is 6.92 Å². The van der Waals surface area contributed by atoms with Crippen LogP contribution in [0.25, 0.3) is 0 Å². The molecule has 0 atom stereocenters. The summed E-state index contributed by atoms with van der Waals surface area (Å²) in [6, 6.07) is 0.576. The molecule has 0 aliphatic heterocycles. The molecule has 1 aliphatic rings. The van der Waals surface area contributed by atoms with E-state index >= 15 is 0 Å². The monoisotopic (exact) mass is 279 g/mol. The predicted octanol–water partition coefficient (Wildman–Crippen LogP) is 2.78. The molecule has 1 aromatic rings. The Bertz CT molecular complexity index is 387. The SMILES string of the molecule is CCN(CC(F)(F)F)c1nc(CNC2CC2)cs1. The summed E-state index contributed by atoms with van der Waals surface area (Å²) in [5.41, 5.74) is 0.822. The minimum atomic E-state index is -4.19. The molecule has 0 saturated heterocycles. The van der Waals surface area contributed by atoms with Crippen molar-refractivity contribution in [3.63, 3.8) is 0 Å². The maximum absolute atomic E-state index is 12.4. The Hall–Kier alpha value is -0.820. The Morgan fingerprint density at radius 3 is 2.78 bits per heavy atom. The van der Waals surface area contributed by atoms with Crippen molar-refractivity contribution >= 4 is 16.5 Å². The zero-order valence-corrected chi connectivity index (χ0v) is 10.9. The molecule has 3 nitrogen and oxygen atoms in total. The molecular formula is C11H16F3N3S. The lowest BCUT2D eigenvalue weighted by molar-refractivity contribution is -0.119. The number of hydrogen-bond acceptors (Lipinski definition) is 4. The van der Waals surface area contributed by atoms with Crippen molar-refractivity contribution in [3.8, 4) is 0 Å². The number of alkyl halides is 3. The number of halogens is 3. The molecule has 1 saturated carbocycles. The summed E-state index contributed by atoms with van der Waals surface area (Å²) >= 11 is 1.27. The van der Waals surface area contributed by atoms with Crippen LogP contribution in [0.5, 0.6) is 0 Å². The lowest BCUT2D eigenvalue weighted by Gasteiger charge is -2.21. The summed E-state index contributed by atoms with van der Waals surface area (Å²) < 4.78 is 37.1. The van der Waals surface area contributed by atoms with E-state index in [-0.39, 0.29) is 0 Å². The molecule has 18 heavy (non-hydrogen) atoms. The second-order valence-electron chi connectivity index (χ2n) is 4.41. The summed E-state index contributed by atoms with van der Waals surface area (Å²) in [6.07, 6.45) is -1.81. The third-order valence-corrected chi connectivity index (χ3v) is 3.66. The number of thiazole rings is 1. The van der Waals surface area contributed by atoms with Crippen molar-refractivity contribution in [1.82, 2.24) is 10.3 Å². The number of hydrogen-bond donors (Lipinski definition) is 1. The first-order valence-corrected chi connectivity index (χ1v) is 6.85. The molecule has 0 spiro atoms. The van der Waals surface area contributed by atoms with E-state index in [0.717, 1.165) is 5.69 Å². The van der Waals surface area contributed by atoms with Crippen molar-refractivity contribution in [2.75, 3.05) is 18.0 Å². The maximum Gasteiger partial charge on any atom is 0.406 e. The average molecular weight is 279 g/mol. The molecule has 0 amide bonds. The second kappa shape index (κ2) is 5.44. The fraction of sp³-hybridized carbons (Fsp3) is 0.727. The number of aromatic nitrogens is 1. The van der Waals surface area contributed by atoms with E-state index in [2.05, 4.69) is 10.3 Å². The van der Waals surface area contributed by atoms with Gasteiger partial charge in [-0.1, -0.05) is 0 Å². The van der Waals surface area contributed by atoms with Gasteiger partial charge in [0.15, 0.2) is 5.13 Å². The molecular weight excluding hydrogens is 263 g/mol. The zero-order chi connectivity index (χ0) is 13.2. The highest BCUT2D eigenvalue weighted by Gasteiger charge is 2.31. The van der Waals surface area contributed by atoms with Gasteiger partial charge >= 0.3 is 6.18 Å². The highest BCUT2D eigenvalue weighted by molar-refractivity contribution is 7.13. The predicted molar refractivity (Wildman–Crippen MR) is 65.9 cm³/mol. The minimum absolute atomic E-state index is 0.308. The number of anilines is 1. The summed E-state index contributed by atoms with van der Waals surface area (Å²) in [4.78, 5) is 5.50. The van der Waals surface area contributed by atoms with Crippen molar-refractivity contribution in [2.24, 2.45) is 0 Å². The van der Waals surface area contributed by atoms with Crippen LogP contribution in [-0.4, -0.2) is 30.3 Å². The highest BCUT2D eigenvalue weighted by atomic mass is 32.1. The van der Waals surface area contributed by atoms with Gasteiger partial charge in [0, 0.05) is 24.5 Å². The Balaban J connectivity index is 1.93. The summed E-state index contributed by atoms with van der Waals surface area (Å²) in [6.45, 7) is 1.72. The quantitative estimate of drug-likeness (QED) is 0.868. The van der Waals surface area contributed by atoms with Crippen LogP contribution < -0.4 is 10.2 Å². The van der Waals surface area contributed by atoms with Gasteiger partial charge in [0.1, 0.15) is 6.54 Å². The van der Waals surface area contributed by atoms with Gasteiger partial charge in [0.25, 0.3) is 0 Å². The third kappa shape index (κ3) is 4.13. The van der Waals surface area contributed by atoms with E-state index in [1.807, 2.05) is 5.38 Å². The molecule has 7 heteroatoms. The Morgan fingerprint density at radius 2 is 2.22 bits per heavy atom. The fourth-order valence-corrected chi connectivity index (χ4v) is 2.48. The van der Waals surface area contributed by atoms with E-state index in [1.165, 1.54) is 29.1 Å². The van der Waals surface area contributed by atoms with E-state index in [4.69, 9.17) is 0 Å². The van der Waals surface area contributed by atoms with Crippen molar-refractivity contribution < 1.29 is 13.2 Å². The highest BCUT2D eigenvalue weighted by Crippen LogP contribution is 2.25. The second-order valence-corrected chi connectivity index (χ2v) is 5.24. The van der Waals surface area contributed by atoms with Crippen molar-refractivity contribution in [3.05, 3.63) is 11.1 Å². The van der Waals surface area contributed by atoms with Gasteiger partial charge in [0.05, 0.1) is 5.69 Å². The number of nitrogens with one attached hydrogen (secondary N) is 1. The molecule has 0 aromatic carbocycles. The summed E-state index contributed by atoms with van der Waals surface area (Å²) in [5.74, 6) is 0. The van der Waals surface area contributed by atoms with Crippen LogP contribution in [0.15, 0.2) is 5.38 Å². The van der Waals surface area contributed by atoms with E-state index in [0.29, 0.717) is 24.3 Å². The molecule has 1 aromatic heterocycles. The van der Waals surface area contributed by atoms with Crippen LogP contribution in [-0.2, 0) is 6.54 Å². The topological polar surface area (TPSA) is 28.2 Å². The number of nitrogens with zero attached hydrogens (tertiary/aromatic N) is 2. The molecule has 1 heterocycles. The number of rotatable bonds is 6. The minimum Gasteiger partial charge on any atom is -0.339 e. The van der Waals surface area contributed by atoms with Gasteiger partial charge in [-0.15, -0.1) is 11.3 Å². The lowest BCUT2D eigenvalue weighted by Crippen LogP contribution is -2.34. The van der Waals surface area contributed by atoms with Gasteiger partial charge in [-0.05, 0) is 19.8 Å². The third-order valence-electron chi connectivity index (χ3n) is 2.71. The molecule has 1 N–H and O–H groups in total. The first kappa shape index (κ1) is 13.6. The van der Waals surface area contributed by atoms with Crippen LogP contribution in [0.4, 0.5) is 18.3 Å². The lowest BCUT2D eigenvalue weighted by atomic mass is 10.4. The first-order valence-electron chi connectivity index (χ1n) is 5.97. The maximum atomic E-state index is 12.4. The molecule has 0 radical (unpaired) electrons. The van der Waals surface area contributed by atoms with Crippen LogP contribution in [0.2, 0.25) is 0 Å². The molecule has 0 bridgehead atoms. The Morgan fingerprint density at radius 1 is 1.50 bits per heavy atom. The molecule has 2 rings (SSSR count). The summed E-state index contributed by atoms with van der Waals surface area (Å²) in [7, 11) is 0. The fourth-order valence-electron chi connectivity index (χ4n) is 1.59. The van der Waals surface area contributed by atoms with Gasteiger partial charge < -0.3 is 10.2 Å². The van der Waals surface area contributed by atoms with Crippen LogP contribution >= 0.6 is 11.3 Å². The van der Waals surface area contributed by atoms with Gasteiger partial charge in [0.2, 0.25) is 0 Å².